The Kier molecular flexibility index (Phi) is 10.5. The van der Waals surface area contributed by atoms with E-state index in [4.69, 9.17) is 14.6 Å². The van der Waals surface area contributed by atoms with Gasteiger partial charge in [-0.15, -0.1) is 10.2 Å². The van der Waals surface area contributed by atoms with Crippen LogP contribution in [0.15, 0.2) is 52.9 Å². The molecular formula is C28H33N3O6S2. The molecule has 3 N–H and O–H groups in total. The number of carboxylic acid groups (broad SMARTS) is 1. The molecule has 208 valence electrons. The number of hydrogen-bond acceptors (Lipinski definition) is 9. The highest BCUT2D eigenvalue weighted by Crippen LogP contribution is 2.43. The van der Waals surface area contributed by atoms with Crippen LogP contribution < -0.4 is 5.32 Å². The van der Waals surface area contributed by atoms with E-state index in [0.717, 1.165) is 31.6 Å². The molecule has 1 aliphatic rings. The number of aryl methyl sites for hydroxylation is 1. The lowest BCUT2D eigenvalue weighted by atomic mass is 9.91. The molecule has 0 radical (unpaired) electrons. The van der Waals surface area contributed by atoms with E-state index in [1.54, 1.807) is 23.1 Å². The summed E-state index contributed by atoms with van der Waals surface area (Å²) >= 11 is 3.19. The topological polar surface area (TPSA) is 131 Å². The first-order chi connectivity index (χ1) is 18.8. The van der Waals surface area contributed by atoms with Gasteiger partial charge in [0.05, 0.1) is 18.8 Å². The van der Waals surface area contributed by atoms with Crippen molar-refractivity contribution in [2.24, 2.45) is 5.92 Å². The number of nitrogens with one attached hydrogen (secondary N) is 1. The van der Waals surface area contributed by atoms with E-state index in [1.165, 1.54) is 0 Å². The molecule has 4 atom stereocenters. The highest BCUT2D eigenvalue weighted by atomic mass is 32.2. The summed E-state index contributed by atoms with van der Waals surface area (Å²) in [6.07, 6.45) is -0.410. The number of ether oxygens (including phenoxy) is 2. The number of amides is 1. The molecule has 0 bridgehead atoms. The lowest BCUT2D eigenvalue weighted by molar-refractivity contribution is -0.268. The summed E-state index contributed by atoms with van der Waals surface area (Å²) in [7, 11) is 0. The molecular weight excluding hydrogens is 538 g/mol. The van der Waals surface area contributed by atoms with Crippen LogP contribution in [0.1, 0.15) is 65.8 Å². The van der Waals surface area contributed by atoms with E-state index in [0.29, 0.717) is 18.7 Å². The van der Waals surface area contributed by atoms with Crippen LogP contribution in [0.5, 0.6) is 0 Å². The van der Waals surface area contributed by atoms with Crippen molar-refractivity contribution in [2.75, 3.05) is 5.75 Å². The zero-order chi connectivity index (χ0) is 27.8. The number of nitrogens with zero attached hydrogens (tertiary/aromatic N) is 2. The second-order valence-electron chi connectivity index (χ2n) is 9.49. The number of aliphatic hydroxyl groups excluding tert-OH is 1. The first-order valence-electron chi connectivity index (χ1n) is 12.8. The van der Waals surface area contributed by atoms with Gasteiger partial charge in [0.25, 0.3) is 0 Å². The zero-order valence-corrected chi connectivity index (χ0v) is 23.5. The average molecular weight is 572 g/mol. The number of benzene rings is 2. The Morgan fingerprint density at radius 3 is 2.33 bits per heavy atom. The largest absolute Gasteiger partial charge is 0.481 e. The number of carboxylic acids is 1. The summed E-state index contributed by atoms with van der Waals surface area (Å²) < 4.78 is 13.9. The van der Waals surface area contributed by atoms with Crippen molar-refractivity contribution in [1.82, 2.24) is 15.5 Å². The summed E-state index contributed by atoms with van der Waals surface area (Å²) in [6, 6.07) is 15.6. The molecule has 1 fully saturated rings. The maximum Gasteiger partial charge on any atom is 0.303 e. The Bertz CT molecular complexity index is 1230. The molecule has 11 heteroatoms. The molecule has 0 unspecified atom stereocenters. The van der Waals surface area contributed by atoms with Crippen LogP contribution in [0.3, 0.4) is 0 Å². The maximum atomic E-state index is 12.0. The number of hydrogen-bond donors (Lipinski definition) is 3. The summed E-state index contributed by atoms with van der Waals surface area (Å²) in [6.45, 7) is 4.41. The van der Waals surface area contributed by atoms with Gasteiger partial charge in [-0.1, -0.05) is 78.6 Å². The third-order valence-corrected chi connectivity index (χ3v) is 8.60. The number of carbonyl (C=O) groups excluding carboxylic acids is 1. The fourth-order valence-corrected chi connectivity index (χ4v) is 6.29. The molecule has 2 aromatic carbocycles. The minimum absolute atomic E-state index is 0.0111. The number of carbonyl (C=O) groups is 2. The van der Waals surface area contributed by atoms with Gasteiger partial charge in [-0.3, -0.25) is 9.59 Å². The maximum absolute atomic E-state index is 12.0. The predicted molar refractivity (Wildman–Crippen MR) is 148 cm³/mol. The standard InChI is InChI=1S/C28H33N3O6S2/c1-17-23(16-38-28-31-30-18(2)39-28)36-27(37-26(17)21-10-8-20(15-32)9-11-21)22-12-6-19(7-13-22)14-29-24(33)4-3-5-25(34)35/h6-13,17,23,26-27,32H,3-5,14-16H2,1-2H3,(H,29,33)(H,34,35)/t17-,23+,26+,27+/m1/s1. The highest BCUT2D eigenvalue weighted by molar-refractivity contribution is 8.01. The van der Waals surface area contributed by atoms with Gasteiger partial charge in [0, 0.05) is 36.6 Å². The van der Waals surface area contributed by atoms with Crippen LogP contribution in [0.2, 0.25) is 0 Å². The first-order valence-corrected chi connectivity index (χ1v) is 14.6. The molecule has 0 aliphatic carbocycles. The molecule has 4 rings (SSSR count). The molecule has 9 nitrogen and oxygen atoms in total. The monoisotopic (exact) mass is 571 g/mol. The van der Waals surface area contributed by atoms with Crippen LogP contribution >= 0.6 is 23.1 Å². The van der Waals surface area contributed by atoms with Gasteiger partial charge in [0.2, 0.25) is 5.91 Å². The zero-order valence-electron chi connectivity index (χ0n) is 21.9. The Hall–Kier alpha value is -2.83. The quantitative estimate of drug-likeness (QED) is 0.263. The Morgan fingerprint density at radius 2 is 1.69 bits per heavy atom. The predicted octanol–water partition coefficient (Wildman–Crippen LogP) is 4.79. The molecule has 1 aliphatic heterocycles. The van der Waals surface area contributed by atoms with Crippen molar-refractivity contribution in [3.8, 4) is 0 Å². The summed E-state index contributed by atoms with van der Waals surface area (Å²) in [4.78, 5) is 22.6. The molecule has 0 spiro atoms. The van der Waals surface area contributed by atoms with E-state index in [2.05, 4.69) is 22.4 Å². The number of rotatable bonds is 12. The third kappa shape index (κ3) is 8.33. The summed E-state index contributed by atoms with van der Waals surface area (Å²) in [5.74, 6) is -0.305. The molecule has 39 heavy (non-hydrogen) atoms. The smallest absolute Gasteiger partial charge is 0.303 e. The summed E-state index contributed by atoms with van der Waals surface area (Å²) in [5.41, 5.74) is 3.66. The minimum atomic E-state index is -0.902. The SMILES string of the molecule is Cc1nnc(SC[C@@H]2O[C@H](c3ccc(CNC(=O)CCCC(=O)O)cc3)O[C@H](c3ccc(CO)cc3)[C@@H]2C)s1. The van der Waals surface area contributed by atoms with Gasteiger partial charge in [0.1, 0.15) is 5.01 Å². The third-order valence-electron chi connectivity index (χ3n) is 6.54. The van der Waals surface area contributed by atoms with Crippen molar-refractivity contribution < 1.29 is 29.3 Å². The number of aromatic nitrogens is 2. The lowest BCUT2D eigenvalue weighted by Gasteiger charge is -2.41. The van der Waals surface area contributed by atoms with Crippen LogP contribution in [0.4, 0.5) is 0 Å². The van der Waals surface area contributed by atoms with E-state index >= 15 is 0 Å². The van der Waals surface area contributed by atoms with Crippen LogP contribution in [0, 0.1) is 12.8 Å². The van der Waals surface area contributed by atoms with Crippen LogP contribution in [0.25, 0.3) is 0 Å². The summed E-state index contributed by atoms with van der Waals surface area (Å²) in [5, 5.41) is 30.3. The van der Waals surface area contributed by atoms with Crippen molar-refractivity contribution in [2.45, 2.75) is 69.1 Å². The number of thioether (sulfide) groups is 1. The van der Waals surface area contributed by atoms with Gasteiger partial charge in [-0.2, -0.15) is 0 Å². The van der Waals surface area contributed by atoms with Crippen molar-refractivity contribution in [3.63, 3.8) is 0 Å². The first kappa shape index (κ1) is 29.2. The van der Waals surface area contributed by atoms with E-state index in [1.807, 2.05) is 55.5 Å². The second-order valence-corrected chi connectivity index (χ2v) is 11.9. The number of aliphatic carboxylic acids is 1. The lowest BCUT2D eigenvalue weighted by Crippen LogP contribution is -2.38. The Morgan fingerprint density at radius 1 is 1.00 bits per heavy atom. The van der Waals surface area contributed by atoms with Crippen LogP contribution in [-0.2, 0) is 32.2 Å². The number of aliphatic hydroxyl groups is 1. The fraction of sp³-hybridized carbons (Fsp3) is 0.429. The highest BCUT2D eigenvalue weighted by Gasteiger charge is 2.38. The molecule has 1 aromatic heterocycles. The van der Waals surface area contributed by atoms with Crippen molar-refractivity contribution in [3.05, 3.63) is 75.8 Å². The van der Waals surface area contributed by atoms with Crippen molar-refractivity contribution >= 4 is 35.0 Å². The molecule has 1 saturated heterocycles. The fourth-order valence-electron chi connectivity index (χ4n) is 4.28. The van der Waals surface area contributed by atoms with Crippen LogP contribution in [-0.4, -0.2) is 44.1 Å². The molecule has 3 aromatic rings. The minimum Gasteiger partial charge on any atom is -0.481 e. The Balaban J connectivity index is 1.44. The van der Waals surface area contributed by atoms with Crippen molar-refractivity contribution in [1.29, 1.82) is 0 Å². The second kappa shape index (κ2) is 14.0. The van der Waals surface area contributed by atoms with Gasteiger partial charge in [-0.05, 0) is 30.0 Å². The van der Waals surface area contributed by atoms with Gasteiger partial charge >= 0.3 is 5.97 Å². The van der Waals surface area contributed by atoms with E-state index in [-0.39, 0.29) is 43.5 Å². The molecule has 2 heterocycles. The Labute approximate surface area is 236 Å². The van der Waals surface area contributed by atoms with Gasteiger partial charge in [0.15, 0.2) is 10.6 Å². The van der Waals surface area contributed by atoms with Gasteiger partial charge in [-0.25, -0.2) is 0 Å². The van der Waals surface area contributed by atoms with E-state index < -0.39 is 12.3 Å². The normalized spacial score (nSPS) is 21.0. The molecule has 1 amide bonds. The van der Waals surface area contributed by atoms with Gasteiger partial charge < -0.3 is 25.0 Å². The average Bonchev–Trinajstić information content (AvgIpc) is 3.36. The van der Waals surface area contributed by atoms with E-state index in [9.17, 15) is 14.7 Å². The molecule has 0 saturated carbocycles.